The van der Waals surface area contributed by atoms with Gasteiger partial charge in [0, 0.05) is 12.5 Å². The highest BCUT2D eigenvalue weighted by Crippen LogP contribution is 2.21. The number of hydrogen-bond acceptors (Lipinski definition) is 3. The lowest BCUT2D eigenvalue weighted by Gasteiger charge is -2.23. The molecule has 1 heterocycles. The normalized spacial score (nSPS) is 15.2. The molecule has 2 unspecified atom stereocenters. The minimum atomic E-state index is -0.0697. The summed E-state index contributed by atoms with van der Waals surface area (Å²) in [5.74, 6) is 0.0328. The van der Waals surface area contributed by atoms with Crippen LogP contribution in [0.25, 0.3) is 0 Å². The molecule has 1 amide bonds. The quantitative estimate of drug-likeness (QED) is 0.862. The zero-order chi connectivity index (χ0) is 13.8. The van der Waals surface area contributed by atoms with Crippen molar-refractivity contribution in [1.29, 1.82) is 0 Å². The van der Waals surface area contributed by atoms with Crippen LogP contribution in [-0.2, 0) is 4.79 Å². The second-order valence-electron chi connectivity index (χ2n) is 6.07. The molecule has 3 nitrogen and oxygen atoms in total. The first-order valence-corrected chi connectivity index (χ1v) is 7.29. The topological polar surface area (TPSA) is 55.1 Å². The van der Waals surface area contributed by atoms with Crippen molar-refractivity contribution in [2.45, 2.75) is 52.6 Å². The van der Waals surface area contributed by atoms with Gasteiger partial charge in [-0.15, -0.1) is 0 Å². The first-order chi connectivity index (χ1) is 8.28. The van der Waals surface area contributed by atoms with Crippen molar-refractivity contribution in [2.24, 2.45) is 11.1 Å². The van der Waals surface area contributed by atoms with Crippen LogP contribution in [0.2, 0.25) is 0 Å². The van der Waals surface area contributed by atoms with Gasteiger partial charge in [0.25, 0.3) is 0 Å². The molecule has 0 aliphatic rings. The molecule has 0 bridgehead atoms. The third-order valence-electron chi connectivity index (χ3n) is 2.74. The van der Waals surface area contributed by atoms with Gasteiger partial charge in [0.05, 0.1) is 6.04 Å². The van der Waals surface area contributed by atoms with E-state index in [9.17, 15) is 4.79 Å². The van der Waals surface area contributed by atoms with Crippen LogP contribution in [0.3, 0.4) is 0 Å². The number of thiophene rings is 1. The van der Waals surface area contributed by atoms with Crippen LogP contribution < -0.4 is 11.1 Å². The fraction of sp³-hybridized carbons (Fsp3) is 0.643. The Morgan fingerprint density at radius 1 is 1.50 bits per heavy atom. The molecule has 3 N–H and O–H groups in total. The molecular weight excluding hydrogens is 244 g/mol. The van der Waals surface area contributed by atoms with E-state index in [2.05, 4.69) is 31.5 Å². The van der Waals surface area contributed by atoms with Crippen LogP contribution in [0.5, 0.6) is 0 Å². The molecule has 1 aromatic rings. The van der Waals surface area contributed by atoms with Gasteiger partial charge in [0.1, 0.15) is 0 Å². The van der Waals surface area contributed by atoms with Gasteiger partial charge in [-0.05, 0) is 41.1 Å². The Balaban J connectivity index is 2.38. The lowest BCUT2D eigenvalue weighted by atomic mass is 9.87. The summed E-state index contributed by atoms with van der Waals surface area (Å²) in [4.78, 5) is 11.9. The summed E-state index contributed by atoms with van der Waals surface area (Å²) in [6, 6.07) is 2.02. The molecule has 0 radical (unpaired) electrons. The third-order valence-corrected chi connectivity index (χ3v) is 3.44. The van der Waals surface area contributed by atoms with Gasteiger partial charge >= 0.3 is 0 Å². The van der Waals surface area contributed by atoms with Gasteiger partial charge < -0.3 is 11.1 Å². The number of carbonyl (C=O) groups is 1. The lowest BCUT2D eigenvalue weighted by Crippen LogP contribution is -2.35. The van der Waals surface area contributed by atoms with E-state index in [0.717, 1.165) is 12.0 Å². The highest BCUT2D eigenvalue weighted by Gasteiger charge is 2.19. The third kappa shape index (κ3) is 5.65. The average Bonchev–Trinajstić information content (AvgIpc) is 2.65. The van der Waals surface area contributed by atoms with Crippen molar-refractivity contribution < 1.29 is 4.79 Å². The van der Waals surface area contributed by atoms with E-state index in [1.807, 2.05) is 18.4 Å². The smallest absolute Gasteiger partial charge is 0.222 e. The summed E-state index contributed by atoms with van der Waals surface area (Å²) in [6.07, 6.45) is 1.25. The zero-order valence-electron chi connectivity index (χ0n) is 11.7. The monoisotopic (exact) mass is 268 g/mol. The molecule has 1 rings (SSSR count). The molecular formula is C14H24N2OS. The van der Waals surface area contributed by atoms with Crippen LogP contribution in [0.15, 0.2) is 16.8 Å². The summed E-state index contributed by atoms with van der Waals surface area (Å²) in [7, 11) is 0. The predicted octanol–water partition coefficient (Wildman–Crippen LogP) is 3.08. The summed E-state index contributed by atoms with van der Waals surface area (Å²) in [6.45, 7) is 8.41. The van der Waals surface area contributed by atoms with Crippen LogP contribution in [-0.4, -0.2) is 11.9 Å². The Bertz CT molecular complexity index is 368. The van der Waals surface area contributed by atoms with E-state index in [1.54, 1.807) is 11.3 Å². The maximum Gasteiger partial charge on any atom is 0.222 e. The summed E-state index contributed by atoms with van der Waals surface area (Å²) in [5.41, 5.74) is 7.31. The fourth-order valence-electron chi connectivity index (χ4n) is 2.00. The van der Waals surface area contributed by atoms with E-state index < -0.39 is 0 Å². The van der Waals surface area contributed by atoms with Gasteiger partial charge in [0.2, 0.25) is 5.91 Å². The van der Waals surface area contributed by atoms with Crippen molar-refractivity contribution >= 4 is 17.2 Å². The standard InChI is InChI=1S/C14H24N2OS/c1-10(11-5-6-18-9-11)16-13(17)7-12(15)8-14(2,3)4/h5-6,9-10,12H,7-8,15H2,1-4H3,(H,16,17). The second-order valence-corrected chi connectivity index (χ2v) is 6.85. The molecule has 2 atom stereocenters. The number of carbonyl (C=O) groups excluding carboxylic acids is 1. The van der Waals surface area contributed by atoms with Gasteiger partial charge in [-0.1, -0.05) is 20.8 Å². The van der Waals surface area contributed by atoms with Crippen molar-refractivity contribution in [3.8, 4) is 0 Å². The Labute approximate surface area is 114 Å². The minimum Gasteiger partial charge on any atom is -0.350 e. The first kappa shape index (κ1) is 15.2. The first-order valence-electron chi connectivity index (χ1n) is 6.35. The van der Waals surface area contributed by atoms with Crippen molar-refractivity contribution in [3.63, 3.8) is 0 Å². The molecule has 4 heteroatoms. The molecule has 0 spiro atoms. The fourth-order valence-corrected chi connectivity index (χ4v) is 2.76. The molecule has 0 saturated heterocycles. The van der Waals surface area contributed by atoms with E-state index in [4.69, 9.17) is 5.73 Å². The van der Waals surface area contributed by atoms with Crippen molar-refractivity contribution in [2.75, 3.05) is 0 Å². The maximum absolute atomic E-state index is 11.9. The Kier molecular flexibility index (Phi) is 5.35. The molecule has 0 aromatic carbocycles. The number of nitrogens with two attached hydrogens (primary N) is 1. The number of amides is 1. The minimum absolute atomic E-state index is 0.0328. The summed E-state index contributed by atoms with van der Waals surface area (Å²) < 4.78 is 0. The van der Waals surface area contributed by atoms with E-state index in [-0.39, 0.29) is 23.4 Å². The predicted molar refractivity (Wildman–Crippen MR) is 77.5 cm³/mol. The number of nitrogens with one attached hydrogen (secondary N) is 1. The van der Waals surface area contributed by atoms with Crippen LogP contribution in [0.4, 0.5) is 0 Å². The van der Waals surface area contributed by atoms with Gasteiger partial charge in [-0.3, -0.25) is 4.79 Å². The van der Waals surface area contributed by atoms with Crippen molar-refractivity contribution in [1.82, 2.24) is 5.32 Å². The van der Waals surface area contributed by atoms with Crippen LogP contribution >= 0.6 is 11.3 Å². The summed E-state index contributed by atoms with van der Waals surface area (Å²) in [5, 5.41) is 7.06. The molecule has 0 aliphatic carbocycles. The average molecular weight is 268 g/mol. The molecule has 102 valence electrons. The van der Waals surface area contributed by atoms with Gasteiger partial charge in [-0.25, -0.2) is 0 Å². The second kappa shape index (κ2) is 6.34. The maximum atomic E-state index is 11.9. The Morgan fingerprint density at radius 2 is 2.17 bits per heavy atom. The van der Waals surface area contributed by atoms with E-state index >= 15 is 0 Å². The van der Waals surface area contributed by atoms with Crippen LogP contribution in [0, 0.1) is 5.41 Å². The highest BCUT2D eigenvalue weighted by molar-refractivity contribution is 7.07. The summed E-state index contributed by atoms with van der Waals surface area (Å²) >= 11 is 1.64. The molecule has 0 fully saturated rings. The largest absolute Gasteiger partial charge is 0.350 e. The van der Waals surface area contributed by atoms with Gasteiger partial charge in [0.15, 0.2) is 0 Å². The van der Waals surface area contributed by atoms with E-state index in [0.29, 0.717) is 6.42 Å². The molecule has 0 saturated carbocycles. The number of rotatable bonds is 5. The van der Waals surface area contributed by atoms with E-state index in [1.165, 1.54) is 0 Å². The molecule has 1 aromatic heterocycles. The molecule has 18 heavy (non-hydrogen) atoms. The lowest BCUT2D eigenvalue weighted by molar-refractivity contribution is -0.122. The molecule has 0 aliphatic heterocycles. The number of hydrogen-bond donors (Lipinski definition) is 2. The van der Waals surface area contributed by atoms with Crippen LogP contribution in [0.1, 0.15) is 52.1 Å². The Morgan fingerprint density at radius 3 is 2.67 bits per heavy atom. The van der Waals surface area contributed by atoms with Crippen molar-refractivity contribution in [3.05, 3.63) is 22.4 Å². The SMILES string of the molecule is CC(NC(=O)CC(N)CC(C)(C)C)c1ccsc1. The highest BCUT2D eigenvalue weighted by atomic mass is 32.1. The Hall–Kier alpha value is -0.870. The van der Waals surface area contributed by atoms with Gasteiger partial charge in [-0.2, -0.15) is 11.3 Å². The zero-order valence-corrected chi connectivity index (χ0v) is 12.5.